The average molecular weight is 323 g/mol. The van der Waals surface area contributed by atoms with Gasteiger partial charge in [-0.15, -0.1) is 0 Å². The molecule has 1 aliphatic carbocycles. The Morgan fingerprint density at radius 3 is 2.82 bits per heavy atom. The zero-order chi connectivity index (χ0) is 16.0. The largest absolute Gasteiger partial charge is 0.338 e. The Morgan fingerprint density at radius 2 is 2.18 bits per heavy atom. The smallest absolute Gasteiger partial charge is 0.255 e. The number of nitrogens with one attached hydrogen (secondary N) is 1. The van der Waals surface area contributed by atoms with E-state index in [4.69, 9.17) is 0 Å². The number of nitrogens with zero attached hydrogens (tertiary/aromatic N) is 2. The number of carbonyl (C=O) groups excluding carboxylic acids is 1. The Bertz CT molecular complexity index is 696. The summed E-state index contributed by atoms with van der Waals surface area (Å²) in [6, 6.07) is 1.86. The first kappa shape index (κ1) is 15.4. The molecule has 1 spiro atoms. The van der Waals surface area contributed by atoms with E-state index >= 15 is 0 Å². The molecule has 1 N–H and O–H groups in total. The van der Waals surface area contributed by atoms with Crippen molar-refractivity contribution in [2.45, 2.75) is 32.2 Å². The number of amides is 1. The average Bonchev–Trinajstić information content (AvgIpc) is 2.81. The van der Waals surface area contributed by atoms with E-state index in [0.717, 1.165) is 31.4 Å². The van der Waals surface area contributed by atoms with E-state index in [1.807, 2.05) is 17.9 Å². The number of rotatable bonds is 3. The fraction of sp³-hybridized carbons (Fsp3) is 0.600. The molecule has 0 atom stereocenters. The van der Waals surface area contributed by atoms with Crippen LogP contribution in [-0.2, 0) is 10.0 Å². The van der Waals surface area contributed by atoms with Crippen LogP contribution in [0.3, 0.4) is 0 Å². The van der Waals surface area contributed by atoms with Crippen molar-refractivity contribution >= 4 is 15.9 Å². The van der Waals surface area contributed by atoms with Gasteiger partial charge in [0, 0.05) is 31.5 Å². The number of carbonyl (C=O) groups is 1. The molecule has 2 fully saturated rings. The molecule has 1 aliphatic heterocycles. The molecular weight excluding hydrogens is 302 g/mol. The fourth-order valence-corrected chi connectivity index (χ4v) is 4.44. The molecule has 1 amide bonds. The van der Waals surface area contributed by atoms with E-state index in [-0.39, 0.29) is 17.4 Å². The van der Waals surface area contributed by atoms with E-state index < -0.39 is 10.0 Å². The summed E-state index contributed by atoms with van der Waals surface area (Å²) in [6.45, 7) is 3.36. The molecule has 22 heavy (non-hydrogen) atoms. The standard InChI is InChI=1S/C15H21N3O3S/c1-11-3-5-16-9-13(11)14(19)18-6-4-15(10-18)7-12(8-15)17-22(2,20)21/h3,5,9,12,17H,4,6-8,10H2,1-2H3. The number of likely N-dealkylation sites (tertiary alicyclic amines) is 1. The van der Waals surface area contributed by atoms with Crippen molar-refractivity contribution in [1.29, 1.82) is 0 Å². The molecule has 0 aromatic carbocycles. The molecule has 3 rings (SSSR count). The highest BCUT2D eigenvalue weighted by molar-refractivity contribution is 7.88. The number of aryl methyl sites for hydroxylation is 1. The Morgan fingerprint density at radius 1 is 1.45 bits per heavy atom. The minimum absolute atomic E-state index is 0.0187. The maximum absolute atomic E-state index is 12.6. The summed E-state index contributed by atoms with van der Waals surface area (Å²) >= 11 is 0. The van der Waals surface area contributed by atoms with Crippen LogP contribution in [0.2, 0.25) is 0 Å². The second kappa shape index (κ2) is 5.31. The minimum Gasteiger partial charge on any atom is -0.338 e. The van der Waals surface area contributed by atoms with Gasteiger partial charge in [0.05, 0.1) is 11.8 Å². The summed E-state index contributed by atoms with van der Waals surface area (Å²) in [6.07, 6.45) is 7.07. The molecule has 2 heterocycles. The molecular formula is C15H21N3O3S. The van der Waals surface area contributed by atoms with Gasteiger partial charge >= 0.3 is 0 Å². The van der Waals surface area contributed by atoms with Crippen LogP contribution in [0.25, 0.3) is 0 Å². The molecule has 1 aromatic rings. The van der Waals surface area contributed by atoms with Gasteiger partial charge in [-0.25, -0.2) is 13.1 Å². The second-order valence-corrected chi connectivity index (χ2v) is 8.44. The van der Waals surface area contributed by atoms with Gasteiger partial charge in [-0.3, -0.25) is 9.78 Å². The van der Waals surface area contributed by atoms with Crippen LogP contribution in [0.15, 0.2) is 18.5 Å². The molecule has 1 saturated carbocycles. The molecule has 1 aromatic heterocycles. The SMILES string of the molecule is Cc1ccncc1C(=O)N1CCC2(CC(NS(C)(=O)=O)C2)C1. The van der Waals surface area contributed by atoms with Crippen molar-refractivity contribution in [3.05, 3.63) is 29.6 Å². The van der Waals surface area contributed by atoms with Crippen LogP contribution >= 0.6 is 0 Å². The van der Waals surface area contributed by atoms with Gasteiger partial charge in [0.2, 0.25) is 10.0 Å². The highest BCUT2D eigenvalue weighted by atomic mass is 32.2. The van der Waals surface area contributed by atoms with Gasteiger partial charge in [-0.1, -0.05) is 0 Å². The fourth-order valence-electron chi connectivity index (χ4n) is 3.67. The quantitative estimate of drug-likeness (QED) is 0.897. The third-order valence-corrected chi connectivity index (χ3v) is 5.50. The van der Waals surface area contributed by atoms with Crippen LogP contribution in [-0.4, -0.2) is 49.6 Å². The van der Waals surface area contributed by atoms with Crippen LogP contribution in [0.1, 0.15) is 35.2 Å². The number of sulfonamides is 1. The third kappa shape index (κ3) is 3.01. The van der Waals surface area contributed by atoms with Gasteiger partial charge in [0.1, 0.15) is 0 Å². The van der Waals surface area contributed by atoms with E-state index in [1.165, 1.54) is 6.26 Å². The molecule has 120 valence electrons. The highest BCUT2D eigenvalue weighted by Crippen LogP contribution is 2.48. The van der Waals surface area contributed by atoms with Crippen molar-refractivity contribution in [1.82, 2.24) is 14.6 Å². The first-order valence-corrected chi connectivity index (χ1v) is 9.34. The molecule has 0 bridgehead atoms. The van der Waals surface area contributed by atoms with Crippen LogP contribution in [0.5, 0.6) is 0 Å². The lowest BCUT2D eigenvalue weighted by molar-refractivity contribution is 0.0687. The van der Waals surface area contributed by atoms with Gasteiger partial charge in [-0.05, 0) is 43.2 Å². The summed E-state index contributed by atoms with van der Waals surface area (Å²) < 4.78 is 25.2. The highest BCUT2D eigenvalue weighted by Gasteiger charge is 2.50. The van der Waals surface area contributed by atoms with Crippen LogP contribution in [0, 0.1) is 12.3 Å². The summed E-state index contributed by atoms with van der Waals surface area (Å²) in [5, 5.41) is 0. The minimum atomic E-state index is -3.15. The third-order valence-electron chi connectivity index (χ3n) is 4.73. The molecule has 0 unspecified atom stereocenters. The molecule has 0 radical (unpaired) electrons. The van der Waals surface area contributed by atoms with E-state index in [9.17, 15) is 13.2 Å². The normalized spacial score (nSPS) is 27.9. The predicted molar refractivity (Wildman–Crippen MR) is 82.9 cm³/mol. The molecule has 2 aliphatic rings. The zero-order valence-corrected chi connectivity index (χ0v) is 13.7. The zero-order valence-electron chi connectivity index (χ0n) is 12.9. The maximum Gasteiger partial charge on any atom is 0.255 e. The Labute approximate surface area is 131 Å². The van der Waals surface area contributed by atoms with Gasteiger partial charge in [0.15, 0.2) is 0 Å². The summed E-state index contributed by atoms with van der Waals surface area (Å²) in [4.78, 5) is 18.5. The first-order chi connectivity index (χ1) is 10.3. The molecule has 6 nitrogen and oxygen atoms in total. The lowest BCUT2D eigenvalue weighted by atomic mass is 9.65. The van der Waals surface area contributed by atoms with Crippen molar-refractivity contribution < 1.29 is 13.2 Å². The van der Waals surface area contributed by atoms with Crippen molar-refractivity contribution in [3.8, 4) is 0 Å². The number of hydrogen-bond donors (Lipinski definition) is 1. The molecule has 1 saturated heterocycles. The van der Waals surface area contributed by atoms with Gasteiger partial charge in [-0.2, -0.15) is 0 Å². The number of hydrogen-bond acceptors (Lipinski definition) is 4. The van der Waals surface area contributed by atoms with Crippen LogP contribution in [0.4, 0.5) is 0 Å². The van der Waals surface area contributed by atoms with E-state index in [1.54, 1.807) is 12.4 Å². The van der Waals surface area contributed by atoms with Crippen LogP contribution < -0.4 is 4.72 Å². The van der Waals surface area contributed by atoms with Gasteiger partial charge in [0.25, 0.3) is 5.91 Å². The number of pyridine rings is 1. The van der Waals surface area contributed by atoms with E-state index in [0.29, 0.717) is 12.1 Å². The molecule has 7 heteroatoms. The predicted octanol–water partition coefficient (Wildman–Crippen LogP) is 0.934. The van der Waals surface area contributed by atoms with Crippen molar-refractivity contribution in [2.75, 3.05) is 19.3 Å². The lowest BCUT2D eigenvalue weighted by Gasteiger charge is -2.45. The summed E-state index contributed by atoms with van der Waals surface area (Å²) in [5.41, 5.74) is 1.68. The van der Waals surface area contributed by atoms with Gasteiger partial charge < -0.3 is 4.90 Å². The topological polar surface area (TPSA) is 79.4 Å². The maximum atomic E-state index is 12.6. The first-order valence-electron chi connectivity index (χ1n) is 7.45. The van der Waals surface area contributed by atoms with Crippen molar-refractivity contribution in [3.63, 3.8) is 0 Å². The summed E-state index contributed by atoms with van der Waals surface area (Å²) in [5.74, 6) is 0.0296. The number of aromatic nitrogens is 1. The van der Waals surface area contributed by atoms with Crippen molar-refractivity contribution in [2.24, 2.45) is 5.41 Å². The lowest BCUT2D eigenvalue weighted by Crippen LogP contribution is -2.51. The Balaban J connectivity index is 1.62. The Hall–Kier alpha value is -1.47. The monoisotopic (exact) mass is 323 g/mol. The Kier molecular flexibility index (Phi) is 3.72. The second-order valence-electron chi connectivity index (χ2n) is 6.66. The van der Waals surface area contributed by atoms with E-state index in [2.05, 4.69) is 9.71 Å². The summed E-state index contributed by atoms with van der Waals surface area (Å²) in [7, 11) is -3.15.